The molecule has 3 aromatic carbocycles. The van der Waals surface area contributed by atoms with Crippen molar-refractivity contribution < 1.29 is 9.18 Å². The van der Waals surface area contributed by atoms with E-state index >= 15 is 0 Å². The van der Waals surface area contributed by atoms with E-state index in [2.05, 4.69) is 9.80 Å². The second kappa shape index (κ2) is 9.06. The second-order valence-electron chi connectivity index (χ2n) is 8.57. The molecule has 0 aliphatic carbocycles. The van der Waals surface area contributed by atoms with Crippen molar-refractivity contribution in [2.75, 3.05) is 36.0 Å². The number of aryl methyl sites for hydroxylation is 1. The number of aliphatic imine (C=N–C) groups is 1. The van der Waals surface area contributed by atoms with E-state index in [-0.39, 0.29) is 11.7 Å². The molecule has 0 spiro atoms. The zero-order chi connectivity index (χ0) is 22.8. The van der Waals surface area contributed by atoms with Gasteiger partial charge in [-0.25, -0.2) is 14.3 Å². The van der Waals surface area contributed by atoms with Gasteiger partial charge in [0.05, 0.1) is 11.4 Å². The molecule has 0 radical (unpaired) electrons. The lowest BCUT2D eigenvalue weighted by Gasteiger charge is -2.38. The fraction of sp³-hybridized carbons (Fsp3) is 0.259. The normalized spacial score (nSPS) is 18.6. The first-order valence-electron chi connectivity index (χ1n) is 11.4. The molecule has 2 aliphatic rings. The van der Waals surface area contributed by atoms with Crippen molar-refractivity contribution in [3.05, 3.63) is 95.8 Å². The van der Waals surface area contributed by atoms with Gasteiger partial charge in [0.25, 0.3) is 5.91 Å². The predicted molar refractivity (Wildman–Crippen MR) is 130 cm³/mol. The number of anilines is 2. The smallest absolute Gasteiger partial charge is 0.259 e. The largest absolute Gasteiger partial charge is 0.366 e. The van der Waals surface area contributed by atoms with Gasteiger partial charge in [-0.1, -0.05) is 60.2 Å². The number of amides is 1. The predicted octanol–water partition coefficient (Wildman–Crippen LogP) is 4.27. The van der Waals surface area contributed by atoms with Gasteiger partial charge >= 0.3 is 0 Å². The first-order valence-corrected chi connectivity index (χ1v) is 11.4. The number of piperazine rings is 1. The van der Waals surface area contributed by atoms with Crippen molar-refractivity contribution in [1.82, 2.24) is 4.90 Å². The van der Waals surface area contributed by atoms with Crippen LogP contribution in [-0.4, -0.2) is 49.0 Å². The Hall–Kier alpha value is -3.67. The van der Waals surface area contributed by atoms with E-state index < -0.39 is 6.04 Å². The van der Waals surface area contributed by atoms with Gasteiger partial charge in [0, 0.05) is 32.6 Å². The fourth-order valence-corrected chi connectivity index (χ4v) is 4.49. The number of halogens is 1. The second-order valence-corrected chi connectivity index (χ2v) is 8.57. The van der Waals surface area contributed by atoms with Gasteiger partial charge < -0.3 is 9.80 Å². The van der Waals surface area contributed by atoms with E-state index in [1.807, 2.05) is 73.7 Å². The van der Waals surface area contributed by atoms with Gasteiger partial charge in [-0.05, 0) is 36.8 Å². The first kappa shape index (κ1) is 21.2. The minimum atomic E-state index is -0.451. The van der Waals surface area contributed by atoms with Gasteiger partial charge in [0.1, 0.15) is 11.9 Å². The molecule has 168 valence electrons. The van der Waals surface area contributed by atoms with E-state index in [1.165, 1.54) is 6.07 Å². The SMILES string of the molecule is Cc1ccc(N2C(=O)C(Cc3ccccc3)N=C2N2CCN(c3ccccc3F)CC2)cc1. The van der Waals surface area contributed by atoms with E-state index in [0.717, 1.165) is 16.8 Å². The van der Waals surface area contributed by atoms with Crippen molar-refractivity contribution in [2.45, 2.75) is 19.4 Å². The van der Waals surface area contributed by atoms with Crippen LogP contribution in [0.25, 0.3) is 0 Å². The summed E-state index contributed by atoms with van der Waals surface area (Å²) in [4.78, 5) is 24.4. The summed E-state index contributed by atoms with van der Waals surface area (Å²) in [5.74, 6) is 0.482. The molecule has 0 bridgehead atoms. The summed E-state index contributed by atoms with van der Waals surface area (Å²) in [5.41, 5.74) is 3.69. The van der Waals surface area contributed by atoms with Crippen LogP contribution in [0, 0.1) is 12.7 Å². The Labute approximate surface area is 193 Å². The highest BCUT2D eigenvalue weighted by Gasteiger charge is 2.39. The highest BCUT2D eigenvalue weighted by atomic mass is 19.1. The Balaban J connectivity index is 1.40. The van der Waals surface area contributed by atoms with E-state index in [4.69, 9.17) is 4.99 Å². The molecule has 0 N–H and O–H groups in total. The Morgan fingerprint density at radius 3 is 2.18 bits per heavy atom. The maximum atomic E-state index is 14.3. The standard InChI is InChI=1S/C27H27FN4O/c1-20-11-13-22(14-12-20)32-26(33)24(19-21-7-3-2-4-8-21)29-27(32)31-17-15-30(16-18-31)25-10-6-5-9-23(25)28/h2-14,24H,15-19H2,1H3. The number of rotatable bonds is 4. The molecule has 5 rings (SSSR count). The molecular weight excluding hydrogens is 415 g/mol. The highest BCUT2D eigenvalue weighted by Crippen LogP contribution is 2.27. The van der Waals surface area contributed by atoms with Gasteiger partial charge in [0.15, 0.2) is 0 Å². The van der Waals surface area contributed by atoms with Crippen molar-refractivity contribution in [2.24, 2.45) is 4.99 Å². The zero-order valence-electron chi connectivity index (χ0n) is 18.7. The average Bonchev–Trinajstić information content (AvgIpc) is 3.16. The third-order valence-electron chi connectivity index (χ3n) is 6.30. The van der Waals surface area contributed by atoms with Crippen LogP contribution < -0.4 is 9.80 Å². The summed E-state index contributed by atoms with van der Waals surface area (Å²) in [6.45, 7) is 4.70. The Kier molecular flexibility index (Phi) is 5.82. The van der Waals surface area contributed by atoms with Crippen LogP contribution in [0.4, 0.5) is 15.8 Å². The summed E-state index contributed by atoms with van der Waals surface area (Å²) in [6.07, 6.45) is 0.570. The minimum absolute atomic E-state index is 0.00533. The number of carbonyl (C=O) groups is 1. The summed E-state index contributed by atoms with van der Waals surface area (Å²) >= 11 is 0. The fourth-order valence-electron chi connectivity index (χ4n) is 4.49. The molecule has 1 saturated heterocycles. The molecule has 2 aliphatic heterocycles. The molecule has 1 unspecified atom stereocenters. The lowest BCUT2D eigenvalue weighted by atomic mass is 10.1. The van der Waals surface area contributed by atoms with Crippen molar-refractivity contribution in [1.29, 1.82) is 0 Å². The van der Waals surface area contributed by atoms with Gasteiger partial charge in [0.2, 0.25) is 5.96 Å². The zero-order valence-corrected chi connectivity index (χ0v) is 18.7. The number of hydrogen-bond acceptors (Lipinski definition) is 4. The van der Waals surface area contributed by atoms with E-state index in [9.17, 15) is 9.18 Å². The van der Waals surface area contributed by atoms with Crippen molar-refractivity contribution in [3.8, 4) is 0 Å². The molecule has 0 saturated carbocycles. The molecule has 2 heterocycles. The van der Waals surface area contributed by atoms with Crippen LogP contribution >= 0.6 is 0 Å². The topological polar surface area (TPSA) is 39.2 Å². The Morgan fingerprint density at radius 2 is 1.48 bits per heavy atom. The number of nitrogens with zero attached hydrogens (tertiary/aromatic N) is 4. The number of para-hydroxylation sites is 1. The first-order chi connectivity index (χ1) is 16.1. The molecular formula is C27H27FN4O. The Bertz CT molecular complexity index is 1150. The summed E-state index contributed by atoms with van der Waals surface area (Å²) in [7, 11) is 0. The van der Waals surface area contributed by atoms with Gasteiger partial charge in [-0.2, -0.15) is 0 Å². The third kappa shape index (κ3) is 4.33. The maximum Gasteiger partial charge on any atom is 0.259 e. The van der Waals surface area contributed by atoms with Gasteiger partial charge in [-0.3, -0.25) is 4.79 Å². The van der Waals surface area contributed by atoms with Gasteiger partial charge in [-0.15, -0.1) is 0 Å². The summed E-state index contributed by atoms with van der Waals surface area (Å²) in [5, 5.41) is 0. The number of benzene rings is 3. The molecule has 1 amide bonds. The summed E-state index contributed by atoms with van der Waals surface area (Å²) < 4.78 is 14.3. The lowest BCUT2D eigenvalue weighted by Crippen LogP contribution is -2.53. The highest BCUT2D eigenvalue weighted by molar-refractivity contribution is 6.22. The molecule has 5 nitrogen and oxygen atoms in total. The van der Waals surface area contributed by atoms with Crippen LogP contribution in [0.5, 0.6) is 0 Å². The molecule has 1 atom stereocenters. The maximum absolute atomic E-state index is 14.3. The third-order valence-corrected chi connectivity index (χ3v) is 6.30. The molecule has 3 aromatic rings. The average molecular weight is 443 g/mol. The van der Waals surface area contributed by atoms with Crippen LogP contribution in [0.15, 0.2) is 83.9 Å². The number of hydrogen-bond donors (Lipinski definition) is 0. The molecule has 6 heteroatoms. The van der Waals surface area contributed by atoms with E-state index in [0.29, 0.717) is 44.2 Å². The number of carbonyl (C=O) groups excluding carboxylic acids is 1. The quantitative estimate of drug-likeness (QED) is 0.606. The van der Waals surface area contributed by atoms with Crippen LogP contribution in [0.3, 0.4) is 0 Å². The molecule has 0 aromatic heterocycles. The minimum Gasteiger partial charge on any atom is -0.366 e. The van der Waals surface area contributed by atoms with Crippen LogP contribution in [0.1, 0.15) is 11.1 Å². The molecule has 33 heavy (non-hydrogen) atoms. The Morgan fingerprint density at radius 1 is 0.848 bits per heavy atom. The summed E-state index contributed by atoms with van der Waals surface area (Å²) in [6, 6.07) is 24.4. The molecule has 1 fully saturated rings. The monoisotopic (exact) mass is 442 g/mol. The van der Waals surface area contributed by atoms with E-state index in [1.54, 1.807) is 11.0 Å². The lowest BCUT2D eigenvalue weighted by molar-refractivity contribution is -0.118. The van der Waals surface area contributed by atoms with Crippen molar-refractivity contribution in [3.63, 3.8) is 0 Å². The van der Waals surface area contributed by atoms with Crippen LogP contribution in [-0.2, 0) is 11.2 Å². The van der Waals surface area contributed by atoms with Crippen LogP contribution in [0.2, 0.25) is 0 Å². The number of guanidine groups is 1. The van der Waals surface area contributed by atoms with Crippen molar-refractivity contribution >= 4 is 23.2 Å².